The molecule has 2 aliphatic heterocycles. The molecule has 1 saturated carbocycles. The molecule has 3 rings (SSSR count). The lowest BCUT2D eigenvalue weighted by atomic mass is 9.61. The van der Waals surface area contributed by atoms with Crippen molar-refractivity contribution in [2.45, 2.75) is 83.6 Å². The van der Waals surface area contributed by atoms with E-state index in [1.807, 2.05) is 25.7 Å². The number of amides is 1. The first-order valence-corrected chi connectivity index (χ1v) is 8.86. The number of carbonyl (C=O) groups excluding carboxylic acids is 1. The summed E-state index contributed by atoms with van der Waals surface area (Å²) in [6, 6.07) is 0.300. The number of nitrogens with zero attached hydrogens (tertiary/aromatic N) is 1. The fraction of sp³-hybridized carbons (Fsp3) is 0.944. The van der Waals surface area contributed by atoms with Crippen LogP contribution in [0.5, 0.6) is 0 Å². The van der Waals surface area contributed by atoms with Gasteiger partial charge in [0.05, 0.1) is 24.9 Å². The van der Waals surface area contributed by atoms with Crippen molar-refractivity contribution >= 4 is 6.09 Å². The van der Waals surface area contributed by atoms with Crippen molar-refractivity contribution in [1.29, 1.82) is 0 Å². The van der Waals surface area contributed by atoms with Crippen LogP contribution in [0.15, 0.2) is 0 Å². The zero-order valence-electron chi connectivity index (χ0n) is 15.6. The Balaban J connectivity index is 2.15. The van der Waals surface area contributed by atoms with Crippen LogP contribution in [0.3, 0.4) is 0 Å². The summed E-state index contributed by atoms with van der Waals surface area (Å²) in [5.41, 5.74) is -0.667. The molecule has 4 atom stereocenters. The van der Waals surface area contributed by atoms with Crippen molar-refractivity contribution in [1.82, 2.24) is 4.90 Å². The Morgan fingerprint density at radius 3 is 2.57 bits per heavy atom. The quantitative estimate of drug-likeness (QED) is 0.699. The molecular formula is C18H33NO4. The molecule has 5 nitrogen and oxygen atoms in total. The van der Waals surface area contributed by atoms with E-state index in [1.165, 1.54) is 0 Å². The molecule has 2 bridgehead atoms. The summed E-state index contributed by atoms with van der Waals surface area (Å²) in [6.45, 7) is 11.3. The molecule has 0 aromatic carbocycles. The Morgan fingerprint density at radius 1 is 1.30 bits per heavy atom. The van der Waals surface area contributed by atoms with Crippen LogP contribution in [0, 0.1) is 5.92 Å². The Morgan fingerprint density at radius 2 is 2.00 bits per heavy atom. The number of fused-ring (bicyclic) bond motifs is 2. The Kier molecular flexibility index (Phi) is 5.62. The molecule has 0 N–H and O–H groups in total. The van der Waals surface area contributed by atoms with E-state index in [-0.39, 0.29) is 17.7 Å². The van der Waals surface area contributed by atoms with Gasteiger partial charge in [0.15, 0.2) is 0 Å². The van der Waals surface area contributed by atoms with Crippen molar-refractivity contribution in [2.75, 3.05) is 20.3 Å². The standard InChI is InChI=1S/C18H33NO4/c1-7-15(22-9-8-21-6)18-11-13(2)10-14(12-18)19(18)16(20)23-17(3,4)5/h13-15H,7-12H2,1-6H3. The largest absolute Gasteiger partial charge is 0.444 e. The van der Waals surface area contributed by atoms with Gasteiger partial charge in [-0.25, -0.2) is 4.79 Å². The highest BCUT2D eigenvalue weighted by Crippen LogP contribution is 2.53. The van der Waals surface area contributed by atoms with E-state index in [0.717, 1.165) is 25.7 Å². The number of ether oxygens (including phenoxy) is 3. The highest BCUT2D eigenvalue weighted by molar-refractivity contribution is 5.71. The first-order valence-electron chi connectivity index (χ1n) is 8.86. The number of hydrogen-bond donors (Lipinski definition) is 0. The molecule has 0 spiro atoms. The van der Waals surface area contributed by atoms with E-state index in [0.29, 0.717) is 25.2 Å². The van der Waals surface area contributed by atoms with Crippen LogP contribution >= 0.6 is 0 Å². The minimum atomic E-state index is -0.466. The summed E-state index contributed by atoms with van der Waals surface area (Å²) in [5, 5.41) is 0. The average Bonchev–Trinajstić information content (AvgIpc) is 2.40. The summed E-state index contributed by atoms with van der Waals surface area (Å²) in [4.78, 5) is 14.7. The minimum Gasteiger partial charge on any atom is -0.444 e. The monoisotopic (exact) mass is 327 g/mol. The van der Waals surface area contributed by atoms with Gasteiger partial charge in [0.1, 0.15) is 5.60 Å². The van der Waals surface area contributed by atoms with Gasteiger partial charge in [-0.2, -0.15) is 0 Å². The third-order valence-electron chi connectivity index (χ3n) is 4.98. The van der Waals surface area contributed by atoms with E-state index in [4.69, 9.17) is 14.2 Å². The lowest BCUT2D eigenvalue weighted by molar-refractivity contribution is -0.189. The highest BCUT2D eigenvalue weighted by atomic mass is 16.6. The zero-order chi connectivity index (χ0) is 17.3. The average molecular weight is 327 g/mol. The molecular weight excluding hydrogens is 294 g/mol. The molecule has 1 aliphatic carbocycles. The third-order valence-corrected chi connectivity index (χ3v) is 4.98. The van der Waals surface area contributed by atoms with Crippen molar-refractivity contribution in [3.63, 3.8) is 0 Å². The van der Waals surface area contributed by atoms with Crippen LogP contribution in [0.2, 0.25) is 0 Å². The van der Waals surface area contributed by atoms with Crippen LogP contribution in [0.1, 0.15) is 60.3 Å². The fourth-order valence-corrected chi connectivity index (χ4v) is 4.36. The normalized spacial score (nSPS) is 31.5. The number of piperidine rings is 1. The van der Waals surface area contributed by atoms with Crippen molar-refractivity contribution in [3.8, 4) is 0 Å². The van der Waals surface area contributed by atoms with Crippen molar-refractivity contribution in [3.05, 3.63) is 0 Å². The van der Waals surface area contributed by atoms with Crippen molar-refractivity contribution in [2.24, 2.45) is 5.92 Å². The van der Waals surface area contributed by atoms with Gasteiger partial charge in [-0.05, 0) is 52.4 Å². The molecule has 0 radical (unpaired) electrons. The molecule has 23 heavy (non-hydrogen) atoms. The molecule has 3 fully saturated rings. The maximum absolute atomic E-state index is 12.7. The van der Waals surface area contributed by atoms with Gasteiger partial charge in [-0.15, -0.1) is 0 Å². The Bertz CT molecular complexity index is 420. The van der Waals surface area contributed by atoms with Crippen LogP contribution < -0.4 is 0 Å². The van der Waals surface area contributed by atoms with E-state index in [9.17, 15) is 4.79 Å². The zero-order valence-corrected chi connectivity index (χ0v) is 15.6. The molecule has 0 aromatic rings. The predicted octanol–water partition coefficient (Wildman–Crippen LogP) is 3.61. The Hall–Kier alpha value is -0.810. The highest BCUT2D eigenvalue weighted by Gasteiger charge is 2.62. The van der Waals surface area contributed by atoms with Gasteiger partial charge in [0.25, 0.3) is 0 Å². The molecule has 1 amide bonds. The number of methoxy groups -OCH3 is 1. The maximum Gasteiger partial charge on any atom is 0.411 e. The second-order valence-corrected chi connectivity index (χ2v) is 8.12. The maximum atomic E-state index is 12.7. The van der Waals surface area contributed by atoms with Gasteiger partial charge >= 0.3 is 6.09 Å². The smallest absolute Gasteiger partial charge is 0.411 e. The second-order valence-electron chi connectivity index (χ2n) is 8.12. The SMILES string of the molecule is CCC(OCCOC)C12CC(C)CC(C1)N2C(=O)OC(C)(C)C. The summed E-state index contributed by atoms with van der Waals surface area (Å²) >= 11 is 0. The van der Waals surface area contributed by atoms with Crippen LogP contribution in [0.4, 0.5) is 4.79 Å². The van der Waals surface area contributed by atoms with Gasteiger partial charge in [-0.3, -0.25) is 4.90 Å². The van der Waals surface area contributed by atoms with E-state index >= 15 is 0 Å². The summed E-state index contributed by atoms with van der Waals surface area (Å²) in [5.74, 6) is 0.618. The molecule has 4 unspecified atom stereocenters. The van der Waals surface area contributed by atoms with Gasteiger partial charge in [0.2, 0.25) is 0 Å². The van der Waals surface area contributed by atoms with Crippen LogP contribution in [-0.2, 0) is 14.2 Å². The van der Waals surface area contributed by atoms with E-state index in [2.05, 4.69) is 13.8 Å². The summed E-state index contributed by atoms with van der Waals surface area (Å²) < 4.78 is 16.9. The molecule has 2 saturated heterocycles. The fourth-order valence-electron chi connectivity index (χ4n) is 4.36. The molecule has 0 aromatic heterocycles. The van der Waals surface area contributed by atoms with E-state index in [1.54, 1.807) is 7.11 Å². The van der Waals surface area contributed by atoms with Crippen LogP contribution in [-0.4, -0.2) is 54.6 Å². The first kappa shape index (κ1) is 18.5. The van der Waals surface area contributed by atoms with Gasteiger partial charge < -0.3 is 14.2 Å². The van der Waals surface area contributed by atoms with E-state index < -0.39 is 5.60 Å². The third kappa shape index (κ3) is 3.82. The number of hydrogen-bond acceptors (Lipinski definition) is 4. The predicted molar refractivity (Wildman–Crippen MR) is 89.5 cm³/mol. The van der Waals surface area contributed by atoms with Crippen LogP contribution in [0.25, 0.3) is 0 Å². The minimum absolute atomic E-state index is 0.0455. The molecule has 5 heteroatoms. The number of carbonyl (C=O) groups is 1. The lowest BCUT2D eigenvalue weighted by Crippen LogP contribution is -2.76. The van der Waals surface area contributed by atoms with Crippen molar-refractivity contribution < 1.29 is 19.0 Å². The number of rotatable bonds is 6. The summed E-state index contributed by atoms with van der Waals surface area (Å²) in [6.07, 6.45) is 3.84. The molecule has 134 valence electrons. The first-order chi connectivity index (χ1) is 10.7. The topological polar surface area (TPSA) is 48.0 Å². The second kappa shape index (κ2) is 6.98. The van der Waals surface area contributed by atoms with Gasteiger partial charge in [0, 0.05) is 13.2 Å². The molecule has 2 heterocycles. The van der Waals surface area contributed by atoms with Gasteiger partial charge in [-0.1, -0.05) is 13.8 Å². The summed E-state index contributed by atoms with van der Waals surface area (Å²) in [7, 11) is 1.68. The molecule has 3 aliphatic rings. The lowest BCUT2D eigenvalue weighted by Gasteiger charge is -2.65. The Labute approximate surface area is 140 Å².